The summed E-state index contributed by atoms with van der Waals surface area (Å²) < 4.78 is 8.23. The average molecular weight is 624 g/mol. The first kappa shape index (κ1) is 32.3. The highest BCUT2D eigenvalue weighted by molar-refractivity contribution is 8.26. The van der Waals surface area contributed by atoms with Crippen molar-refractivity contribution in [3.05, 3.63) is 70.2 Å². The summed E-state index contributed by atoms with van der Waals surface area (Å²) in [6.07, 6.45) is 17.4. The van der Waals surface area contributed by atoms with Crippen LogP contribution in [0.2, 0.25) is 5.02 Å². The van der Waals surface area contributed by atoms with Crippen molar-refractivity contribution in [3.63, 3.8) is 0 Å². The molecule has 0 saturated carbocycles. The number of halogens is 1. The molecular weight excluding hydrogens is 582 g/mol. The van der Waals surface area contributed by atoms with Gasteiger partial charge < -0.3 is 4.74 Å². The van der Waals surface area contributed by atoms with Gasteiger partial charge in [-0.1, -0.05) is 125 Å². The average Bonchev–Trinajstić information content (AvgIpc) is 3.54. The molecule has 0 aliphatic carbocycles. The zero-order chi connectivity index (χ0) is 29.7. The summed E-state index contributed by atoms with van der Waals surface area (Å²) in [5.41, 5.74) is 3.35. The van der Waals surface area contributed by atoms with Crippen LogP contribution in [0.4, 0.5) is 0 Å². The zero-order valence-electron chi connectivity index (χ0n) is 24.8. The highest BCUT2D eigenvalue weighted by Crippen LogP contribution is 2.37. The summed E-state index contributed by atoms with van der Waals surface area (Å²) in [6, 6.07) is 15.6. The van der Waals surface area contributed by atoms with Crippen molar-refractivity contribution in [1.82, 2.24) is 14.7 Å². The van der Waals surface area contributed by atoms with Crippen molar-refractivity contribution in [3.8, 4) is 22.7 Å². The third-order valence-corrected chi connectivity index (χ3v) is 9.00. The Morgan fingerprint density at radius 2 is 1.62 bits per heavy atom. The van der Waals surface area contributed by atoms with Crippen LogP contribution < -0.4 is 4.74 Å². The molecule has 1 aliphatic rings. The van der Waals surface area contributed by atoms with Crippen LogP contribution in [0.25, 0.3) is 23.0 Å². The summed E-state index contributed by atoms with van der Waals surface area (Å²) in [6.45, 7) is 5.59. The maximum Gasteiger partial charge on any atom is 0.266 e. The molecule has 0 unspecified atom stereocenters. The number of hydrogen-bond acceptors (Lipinski definition) is 5. The Kier molecular flexibility index (Phi) is 13.0. The van der Waals surface area contributed by atoms with Crippen LogP contribution >= 0.6 is 35.6 Å². The SMILES string of the molecule is CCCCCCCCCCCCN1C(=O)/C(=C/c2cn(-c3ccccc3)nc2-c2ccc(OCCC)c(Cl)c2)SC1=S. The molecule has 0 bridgehead atoms. The highest BCUT2D eigenvalue weighted by atomic mass is 35.5. The smallest absolute Gasteiger partial charge is 0.266 e. The number of amides is 1. The molecule has 2 aromatic carbocycles. The Morgan fingerprint density at radius 3 is 2.29 bits per heavy atom. The van der Waals surface area contributed by atoms with Gasteiger partial charge in [0.25, 0.3) is 5.91 Å². The number of thioether (sulfide) groups is 1. The van der Waals surface area contributed by atoms with Gasteiger partial charge in [0.05, 0.1) is 22.2 Å². The minimum absolute atomic E-state index is 0.0271. The molecule has 2 heterocycles. The van der Waals surface area contributed by atoms with Crippen LogP contribution in [0.5, 0.6) is 5.75 Å². The number of carbonyl (C=O) groups excluding carboxylic acids is 1. The fourth-order valence-electron chi connectivity index (χ4n) is 5.00. The van der Waals surface area contributed by atoms with Crippen molar-refractivity contribution in [2.45, 2.75) is 84.5 Å². The van der Waals surface area contributed by atoms with Gasteiger partial charge in [-0.05, 0) is 49.2 Å². The van der Waals surface area contributed by atoms with Crippen molar-refractivity contribution < 1.29 is 9.53 Å². The van der Waals surface area contributed by atoms with E-state index >= 15 is 0 Å². The first-order valence-corrected chi connectivity index (χ1v) is 16.9. The van der Waals surface area contributed by atoms with Gasteiger partial charge in [-0.2, -0.15) is 5.10 Å². The molecule has 1 aromatic heterocycles. The Labute approximate surface area is 265 Å². The molecule has 8 heteroatoms. The number of thiocarbonyl (C=S) groups is 1. The molecule has 1 amide bonds. The van der Waals surface area contributed by atoms with E-state index in [4.69, 9.17) is 33.7 Å². The molecule has 0 atom stereocenters. The number of unbranched alkanes of at least 4 members (excludes halogenated alkanes) is 9. The first-order chi connectivity index (χ1) is 20.5. The number of rotatable bonds is 17. The largest absolute Gasteiger partial charge is 0.492 e. The number of benzene rings is 2. The van der Waals surface area contributed by atoms with Gasteiger partial charge >= 0.3 is 0 Å². The summed E-state index contributed by atoms with van der Waals surface area (Å²) in [5, 5.41) is 5.43. The first-order valence-electron chi connectivity index (χ1n) is 15.3. The molecular formula is C34H42ClN3O2S2. The van der Waals surface area contributed by atoms with Crippen LogP contribution in [0.3, 0.4) is 0 Å². The Morgan fingerprint density at radius 1 is 0.929 bits per heavy atom. The van der Waals surface area contributed by atoms with Gasteiger partial charge in [0.2, 0.25) is 0 Å². The van der Waals surface area contributed by atoms with Crippen molar-refractivity contribution in [1.29, 1.82) is 0 Å². The van der Waals surface area contributed by atoms with E-state index in [0.29, 0.717) is 33.1 Å². The molecule has 1 aliphatic heterocycles. The third-order valence-electron chi connectivity index (χ3n) is 7.33. The quantitative estimate of drug-likeness (QED) is 0.0850. The van der Waals surface area contributed by atoms with Crippen molar-refractivity contribution >= 4 is 51.9 Å². The molecule has 4 rings (SSSR count). The lowest BCUT2D eigenvalue weighted by Gasteiger charge is -2.14. The van der Waals surface area contributed by atoms with Gasteiger partial charge in [0.1, 0.15) is 15.8 Å². The highest BCUT2D eigenvalue weighted by Gasteiger charge is 2.32. The van der Waals surface area contributed by atoms with E-state index in [0.717, 1.165) is 41.8 Å². The molecule has 224 valence electrons. The molecule has 1 fully saturated rings. The molecule has 42 heavy (non-hydrogen) atoms. The minimum atomic E-state index is -0.0271. The molecule has 0 radical (unpaired) electrons. The van der Waals surface area contributed by atoms with Crippen LogP contribution in [0, 0.1) is 0 Å². The number of para-hydroxylation sites is 1. The van der Waals surface area contributed by atoms with E-state index in [1.807, 2.05) is 65.5 Å². The lowest BCUT2D eigenvalue weighted by Crippen LogP contribution is -2.29. The van der Waals surface area contributed by atoms with E-state index in [9.17, 15) is 4.79 Å². The zero-order valence-corrected chi connectivity index (χ0v) is 27.2. The maximum absolute atomic E-state index is 13.4. The second kappa shape index (κ2) is 16.9. The van der Waals surface area contributed by atoms with E-state index in [1.165, 1.54) is 63.1 Å². The van der Waals surface area contributed by atoms with E-state index in [-0.39, 0.29) is 5.91 Å². The Balaban J connectivity index is 1.45. The monoisotopic (exact) mass is 623 g/mol. The van der Waals surface area contributed by atoms with Gasteiger partial charge in [0.15, 0.2) is 0 Å². The molecule has 3 aromatic rings. The second-order valence-corrected chi connectivity index (χ2v) is 12.8. The Bertz CT molecular complexity index is 1360. The lowest BCUT2D eigenvalue weighted by molar-refractivity contribution is -0.122. The van der Waals surface area contributed by atoms with Gasteiger partial charge in [0, 0.05) is 23.9 Å². The van der Waals surface area contributed by atoms with E-state index < -0.39 is 0 Å². The lowest BCUT2D eigenvalue weighted by atomic mass is 10.1. The summed E-state index contributed by atoms with van der Waals surface area (Å²) in [5.74, 6) is 0.625. The van der Waals surface area contributed by atoms with Crippen molar-refractivity contribution in [2.75, 3.05) is 13.2 Å². The number of ether oxygens (including phenoxy) is 1. The molecule has 5 nitrogen and oxygen atoms in total. The van der Waals surface area contributed by atoms with Crippen LogP contribution in [0.1, 0.15) is 90.0 Å². The summed E-state index contributed by atoms with van der Waals surface area (Å²) >= 11 is 13.6. The van der Waals surface area contributed by atoms with Crippen LogP contribution in [0.15, 0.2) is 59.6 Å². The predicted octanol–water partition coefficient (Wildman–Crippen LogP) is 10.1. The number of hydrogen-bond donors (Lipinski definition) is 0. The predicted molar refractivity (Wildman–Crippen MR) is 182 cm³/mol. The fourth-order valence-corrected chi connectivity index (χ4v) is 6.53. The second-order valence-electron chi connectivity index (χ2n) is 10.7. The minimum Gasteiger partial charge on any atom is -0.492 e. The normalized spacial score (nSPS) is 14.4. The number of nitrogens with zero attached hydrogens (tertiary/aromatic N) is 3. The number of aromatic nitrogens is 2. The topological polar surface area (TPSA) is 47.4 Å². The van der Waals surface area contributed by atoms with Gasteiger partial charge in [-0.15, -0.1) is 0 Å². The van der Waals surface area contributed by atoms with Gasteiger partial charge in [-0.25, -0.2) is 4.68 Å². The van der Waals surface area contributed by atoms with Crippen LogP contribution in [-0.4, -0.2) is 38.1 Å². The molecule has 0 spiro atoms. The maximum atomic E-state index is 13.4. The van der Waals surface area contributed by atoms with E-state index in [2.05, 4.69) is 13.8 Å². The van der Waals surface area contributed by atoms with Gasteiger partial charge in [-0.3, -0.25) is 9.69 Å². The molecule has 0 N–H and O–H groups in total. The molecule has 1 saturated heterocycles. The standard InChI is InChI=1S/C34H42ClN3O2S2/c1-3-5-6-7-8-9-10-11-12-16-21-37-33(39)31(42-34(37)41)24-27-25-38(28-17-14-13-15-18-28)36-32(27)26-19-20-30(29(35)23-26)40-22-4-2/h13-15,17-20,23-25H,3-12,16,21-22H2,1-2H3/b31-24-. The number of carbonyl (C=O) groups is 1. The van der Waals surface area contributed by atoms with Crippen LogP contribution in [-0.2, 0) is 4.79 Å². The van der Waals surface area contributed by atoms with E-state index in [1.54, 1.807) is 4.90 Å². The third kappa shape index (κ3) is 8.95. The van der Waals surface area contributed by atoms with Crippen molar-refractivity contribution in [2.24, 2.45) is 0 Å². The fraction of sp³-hybridized carbons (Fsp3) is 0.441. The Hall–Kier alpha value is -2.61. The summed E-state index contributed by atoms with van der Waals surface area (Å²) in [4.78, 5) is 15.8. The summed E-state index contributed by atoms with van der Waals surface area (Å²) in [7, 11) is 0.